The molecule has 2 heterocycles. The van der Waals surface area contributed by atoms with Crippen molar-refractivity contribution in [2.45, 2.75) is 64.1 Å². The number of piperidine rings is 1. The third kappa shape index (κ3) is 3.85. The van der Waals surface area contributed by atoms with Gasteiger partial charge < -0.3 is 14.7 Å². The molecule has 1 N–H and O–H groups in total. The van der Waals surface area contributed by atoms with Gasteiger partial charge in [0, 0.05) is 25.2 Å². The topological polar surface area (TPSA) is 53.0 Å². The Labute approximate surface area is 121 Å². The summed E-state index contributed by atoms with van der Waals surface area (Å²) in [4.78, 5) is 16.3. The minimum absolute atomic E-state index is 0.198. The molecule has 116 valence electrons. The van der Waals surface area contributed by atoms with Crippen LogP contribution >= 0.6 is 0 Å². The molecule has 2 saturated heterocycles. The highest BCUT2D eigenvalue weighted by molar-refractivity contribution is 5.68. The van der Waals surface area contributed by atoms with Crippen LogP contribution in [0.3, 0.4) is 0 Å². The van der Waals surface area contributed by atoms with Gasteiger partial charge in [-0.15, -0.1) is 0 Å². The lowest BCUT2D eigenvalue weighted by Crippen LogP contribution is -2.49. The van der Waals surface area contributed by atoms with E-state index < -0.39 is 5.60 Å². The number of rotatable bonds is 2. The van der Waals surface area contributed by atoms with E-state index in [2.05, 4.69) is 4.90 Å². The molecule has 1 unspecified atom stereocenters. The molecule has 5 nitrogen and oxygen atoms in total. The van der Waals surface area contributed by atoms with Gasteiger partial charge in [0.15, 0.2) is 0 Å². The Morgan fingerprint density at radius 3 is 2.40 bits per heavy atom. The summed E-state index contributed by atoms with van der Waals surface area (Å²) < 4.78 is 5.41. The van der Waals surface area contributed by atoms with Gasteiger partial charge in [-0.3, -0.25) is 4.90 Å². The fraction of sp³-hybridized carbons (Fsp3) is 0.933. The fourth-order valence-corrected chi connectivity index (χ4v) is 3.24. The molecule has 0 radical (unpaired) electrons. The summed E-state index contributed by atoms with van der Waals surface area (Å²) in [5, 5.41) is 9.41. The molecule has 2 aliphatic heterocycles. The number of ether oxygens (including phenoxy) is 1. The number of likely N-dealkylation sites (tertiary alicyclic amines) is 2. The highest BCUT2D eigenvalue weighted by Gasteiger charge is 2.34. The number of carbonyl (C=O) groups excluding carboxylic acids is 1. The van der Waals surface area contributed by atoms with E-state index in [0.717, 1.165) is 38.9 Å². The summed E-state index contributed by atoms with van der Waals surface area (Å²) in [6.45, 7) is 8.55. The molecule has 0 bridgehead atoms. The van der Waals surface area contributed by atoms with Crippen LogP contribution in [0.1, 0.15) is 46.5 Å². The fourth-order valence-electron chi connectivity index (χ4n) is 3.24. The van der Waals surface area contributed by atoms with E-state index in [9.17, 15) is 9.90 Å². The summed E-state index contributed by atoms with van der Waals surface area (Å²) >= 11 is 0. The largest absolute Gasteiger partial charge is 0.444 e. The Hall–Kier alpha value is -0.810. The number of carbonyl (C=O) groups is 1. The first-order valence-electron chi connectivity index (χ1n) is 7.75. The van der Waals surface area contributed by atoms with E-state index in [4.69, 9.17) is 4.74 Å². The molecule has 0 aromatic carbocycles. The van der Waals surface area contributed by atoms with E-state index in [1.165, 1.54) is 6.42 Å². The lowest BCUT2D eigenvalue weighted by Gasteiger charge is -2.39. The number of hydrogen-bond donors (Lipinski definition) is 1. The van der Waals surface area contributed by atoms with Crippen molar-refractivity contribution in [3.05, 3.63) is 0 Å². The van der Waals surface area contributed by atoms with E-state index >= 15 is 0 Å². The van der Waals surface area contributed by atoms with Gasteiger partial charge in [-0.05, 0) is 53.0 Å². The molecule has 1 atom stereocenters. The van der Waals surface area contributed by atoms with E-state index in [1.807, 2.05) is 25.7 Å². The summed E-state index contributed by atoms with van der Waals surface area (Å²) in [6.07, 6.45) is 4.04. The first-order valence-corrected chi connectivity index (χ1v) is 7.75. The van der Waals surface area contributed by atoms with Gasteiger partial charge in [-0.25, -0.2) is 4.79 Å². The Balaban J connectivity index is 1.82. The monoisotopic (exact) mass is 284 g/mol. The van der Waals surface area contributed by atoms with Crippen LogP contribution in [0.15, 0.2) is 0 Å². The second kappa shape index (κ2) is 6.31. The molecule has 0 aliphatic carbocycles. The smallest absolute Gasteiger partial charge is 0.410 e. The molecular weight excluding hydrogens is 256 g/mol. The van der Waals surface area contributed by atoms with E-state index in [0.29, 0.717) is 12.1 Å². The molecule has 20 heavy (non-hydrogen) atoms. The van der Waals surface area contributed by atoms with Gasteiger partial charge in [0.2, 0.25) is 0 Å². The minimum Gasteiger partial charge on any atom is -0.444 e. The molecule has 2 fully saturated rings. The summed E-state index contributed by atoms with van der Waals surface area (Å²) in [6, 6.07) is 0.835. The van der Waals surface area contributed by atoms with Crippen LogP contribution in [-0.2, 0) is 4.74 Å². The Kier molecular flexibility index (Phi) is 4.91. The average molecular weight is 284 g/mol. The van der Waals surface area contributed by atoms with Gasteiger partial charge in [-0.2, -0.15) is 0 Å². The molecule has 2 rings (SSSR count). The first kappa shape index (κ1) is 15.6. The second-order valence-electron chi connectivity index (χ2n) is 6.92. The summed E-state index contributed by atoms with van der Waals surface area (Å²) in [5.41, 5.74) is -0.426. The van der Waals surface area contributed by atoms with Crippen molar-refractivity contribution in [1.82, 2.24) is 9.80 Å². The highest BCUT2D eigenvalue weighted by atomic mass is 16.6. The Bertz CT molecular complexity index is 333. The number of amides is 1. The second-order valence-corrected chi connectivity index (χ2v) is 6.92. The van der Waals surface area contributed by atoms with Crippen LogP contribution in [0.25, 0.3) is 0 Å². The van der Waals surface area contributed by atoms with Crippen molar-refractivity contribution in [2.75, 3.05) is 26.2 Å². The number of aliphatic hydroxyl groups excluding tert-OH is 1. The van der Waals surface area contributed by atoms with Crippen LogP contribution in [0.2, 0.25) is 0 Å². The molecule has 0 spiro atoms. The number of hydrogen-bond acceptors (Lipinski definition) is 4. The third-order valence-electron chi connectivity index (χ3n) is 4.22. The Morgan fingerprint density at radius 2 is 1.85 bits per heavy atom. The molecule has 5 heteroatoms. The zero-order chi connectivity index (χ0) is 14.8. The molecule has 0 saturated carbocycles. The van der Waals surface area contributed by atoms with Gasteiger partial charge >= 0.3 is 6.09 Å². The van der Waals surface area contributed by atoms with Gasteiger partial charge in [-0.1, -0.05) is 0 Å². The summed E-state index contributed by atoms with van der Waals surface area (Å²) in [5.74, 6) is 0. The third-order valence-corrected chi connectivity index (χ3v) is 4.22. The predicted octanol–water partition coefficient (Wildman–Crippen LogP) is 1.84. The van der Waals surface area contributed by atoms with Gasteiger partial charge in [0.05, 0.1) is 6.61 Å². The number of aliphatic hydroxyl groups is 1. The quantitative estimate of drug-likeness (QED) is 0.840. The molecule has 1 amide bonds. The average Bonchev–Trinajstić information content (AvgIpc) is 2.85. The zero-order valence-electron chi connectivity index (χ0n) is 13.0. The standard InChI is InChI=1S/C15H28N2O3/c1-15(2,3)20-14(19)16-9-6-12(7-10-16)17-8-4-5-13(17)11-18/h12-13,18H,4-11H2,1-3H3. The van der Waals surface area contributed by atoms with Crippen LogP contribution in [0.4, 0.5) is 4.79 Å². The first-order chi connectivity index (χ1) is 9.40. The SMILES string of the molecule is CC(C)(C)OC(=O)N1CCC(N2CCCC2CO)CC1. The maximum absolute atomic E-state index is 12.0. The van der Waals surface area contributed by atoms with Crippen molar-refractivity contribution in [3.63, 3.8) is 0 Å². The van der Waals surface area contributed by atoms with Crippen LogP contribution in [0.5, 0.6) is 0 Å². The van der Waals surface area contributed by atoms with Crippen molar-refractivity contribution < 1.29 is 14.6 Å². The summed E-state index contributed by atoms with van der Waals surface area (Å²) in [7, 11) is 0. The highest BCUT2D eigenvalue weighted by Crippen LogP contribution is 2.26. The normalized spacial score (nSPS) is 26.0. The lowest BCUT2D eigenvalue weighted by atomic mass is 10.0. The molecular formula is C15H28N2O3. The minimum atomic E-state index is -0.426. The van der Waals surface area contributed by atoms with Crippen LogP contribution in [0, 0.1) is 0 Å². The van der Waals surface area contributed by atoms with Crippen molar-refractivity contribution in [2.24, 2.45) is 0 Å². The van der Waals surface area contributed by atoms with Crippen molar-refractivity contribution >= 4 is 6.09 Å². The number of nitrogens with zero attached hydrogens (tertiary/aromatic N) is 2. The maximum Gasteiger partial charge on any atom is 0.410 e. The van der Waals surface area contributed by atoms with Crippen LogP contribution < -0.4 is 0 Å². The van der Waals surface area contributed by atoms with Gasteiger partial charge in [0.1, 0.15) is 5.60 Å². The molecule has 2 aliphatic rings. The molecule has 0 aromatic heterocycles. The van der Waals surface area contributed by atoms with E-state index in [1.54, 1.807) is 0 Å². The molecule has 0 aromatic rings. The van der Waals surface area contributed by atoms with E-state index in [-0.39, 0.29) is 12.7 Å². The lowest BCUT2D eigenvalue weighted by molar-refractivity contribution is 0.0115. The van der Waals surface area contributed by atoms with Gasteiger partial charge in [0.25, 0.3) is 0 Å². The van der Waals surface area contributed by atoms with Crippen molar-refractivity contribution in [1.29, 1.82) is 0 Å². The maximum atomic E-state index is 12.0. The zero-order valence-corrected chi connectivity index (χ0v) is 13.0. The Morgan fingerprint density at radius 1 is 1.20 bits per heavy atom. The predicted molar refractivity (Wildman–Crippen MR) is 77.6 cm³/mol. The van der Waals surface area contributed by atoms with Crippen molar-refractivity contribution in [3.8, 4) is 0 Å². The van der Waals surface area contributed by atoms with Crippen LogP contribution in [-0.4, -0.2) is 64.9 Å².